The van der Waals surface area contributed by atoms with Gasteiger partial charge in [-0.15, -0.1) is 0 Å². The zero-order valence-corrected chi connectivity index (χ0v) is 13.1. The first-order valence-corrected chi connectivity index (χ1v) is 7.13. The van der Waals surface area contributed by atoms with Crippen LogP contribution in [0, 0.1) is 5.41 Å². The van der Waals surface area contributed by atoms with Gasteiger partial charge in [-0.3, -0.25) is 9.69 Å². The number of amides is 1. The van der Waals surface area contributed by atoms with Crippen LogP contribution in [0.15, 0.2) is 0 Å². The quantitative estimate of drug-likeness (QED) is 0.785. The zero-order valence-electron chi connectivity index (χ0n) is 13.1. The maximum Gasteiger partial charge on any atom is 0.240 e. The third-order valence-corrected chi connectivity index (χ3v) is 3.75. The molecule has 0 aromatic carbocycles. The molecule has 5 heteroatoms. The van der Waals surface area contributed by atoms with E-state index in [0.29, 0.717) is 0 Å². The van der Waals surface area contributed by atoms with E-state index in [2.05, 4.69) is 23.9 Å². The predicted octanol–water partition coefficient (Wildman–Crippen LogP) is 0.0656. The number of nitrogens with two attached hydrogens (primary N) is 1. The molecule has 1 fully saturated rings. The van der Waals surface area contributed by atoms with Gasteiger partial charge in [0.1, 0.15) is 0 Å². The summed E-state index contributed by atoms with van der Waals surface area (Å²) in [5.74, 6) is 0.0970. The second-order valence-corrected chi connectivity index (χ2v) is 6.81. The highest BCUT2D eigenvalue weighted by molar-refractivity contribution is 5.82. The Kier molecular flexibility index (Phi) is 5.77. The molecule has 0 radical (unpaired) electrons. The van der Waals surface area contributed by atoms with Gasteiger partial charge in [-0.1, -0.05) is 20.8 Å². The van der Waals surface area contributed by atoms with Crippen LogP contribution in [0.4, 0.5) is 0 Å². The fourth-order valence-electron chi connectivity index (χ4n) is 2.10. The van der Waals surface area contributed by atoms with Crippen LogP contribution in [0.5, 0.6) is 0 Å². The van der Waals surface area contributed by atoms with Gasteiger partial charge in [-0.25, -0.2) is 0 Å². The van der Waals surface area contributed by atoms with Gasteiger partial charge in [0, 0.05) is 39.3 Å². The lowest BCUT2D eigenvalue weighted by Crippen LogP contribution is -2.56. The Bertz CT molecular complexity index is 290. The Morgan fingerprint density at radius 2 is 1.74 bits per heavy atom. The summed E-state index contributed by atoms with van der Waals surface area (Å²) in [5.41, 5.74) is 5.88. The van der Waals surface area contributed by atoms with Crippen LogP contribution >= 0.6 is 0 Å². The topological polar surface area (TPSA) is 52.8 Å². The average molecular weight is 270 g/mol. The molecule has 0 aliphatic carbocycles. The number of carbonyl (C=O) groups excluding carboxylic acids is 1. The van der Waals surface area contributed by atoms with Crippen molar-refractivity contribution in [3.05, 3.63) is 0 Å². The Morgan fingerprint density at radius 3 is 2.16 bits per heavy atom. The lowest BCUT2D eigenvalue weighted by molar-refractivity contribution is -0.136. The molecule has 0 aromatic rings. The second kappa shape index (κ2) is 6.68. The highest BCUT2D eigenvalue weighted by atomic mass is 16.2. The Hall–Kier alpha value is -0.650. The van der Waals surface area contributed by atoms with Crippen LogP contribution < -0.4 is 5.73 Å². The number of carbonyl (C=O) groups is 1. The molecule has 1 aliphatic rings. The van der Waals surface area contributed by atoms with E-state index in [4.69, 9.17) is 5.73 Å². The standard InChI is InChI=1S/C14H30N4O/c1-14(2,3)12(15)13(19)18-10-8-17(9-11-18)7-6-16(4)5/h12H,6-11,15H2,1-5H3. The van der Waals surface area contributed by atoms with Crippen LogP contribution in [0.2, 0.25) is 0 Å². The lowest BCUT2D eigenvalue weighted by Gasteiger charge is -2.38. The molecule has 1 aliphatic heterocycles. The first-order chi connectivity index (χ1) is 8.71. The maximum atomic E-state index is 12.3. The molecule has 1 unspecified atom stereocenters. The molecule has 1 saturated heterocycles. The molecule has 112 valence electrons. The SMILES string of the molecule is CN(C)CCN1CCN(C(=O)C(N)C(C)(C)C)CC1. The van der Waals surface area contributed by atoms with Crippen molar-refractivity contribution in [2.24, 2.45) is 11.1 Å². The van der Waals surface area contributed by atoms with Crippen molar-refractivity contribution < 1.29 is 4.79 Å². The summed E-state index contributed by atoms with van der Waals surface area (Å²) >= 11 is 0. The third-order valence-electron chi connectivity index (χ3n) is 3.75. The van der Waals surface area contributed by atoms with Crippen molar-refractivity contribution in [2.75, 3.05) is 53.4 Å². The molecule has 2 N–H and O–H groups in total. The van der Waals surface area contributed by atoms with Gasteiger partial charge in [0.05, 0.1) is 6.04 Å². The molecule has 1 atom stereocenters. The van der Waals surface area contributed by atoms with Gasteiger partial charge >= 0.3 is 0 Å². The van der Waals surface area contributed by atoms with E-state index in [1.54, 1.807) is 0 Å². The monoisotopic (exact) mass is 270 g/mol. The molecule has 0 aromatic heterocycles. The second-order valence-electron chi connectivity index (χ2n) is 6.81. The number of hydrogen-bond donors (Lipinski definition) is 1. The van der Waals surface area contributed by atoms with Crippen LogP contribution in [-0.4, -0.2) is 80.0 Å². The van der Waals surface area contributed by atoms with Crippen molar-refractivity contribution in [1.82, 2.24) is 14.7 Å². The molecular formula is C14H30N4O. The van der Waals surface area contributed by atoms with Gasteiger partial charge in [0.15, 0.2) is 0 Å². The summed E-state index contributed by atoms with van der Waals surface area (Å²) in [4.78, 5) is 18.8. The van der Waals surface area contributed by atoms with Crippen LogP contribution in [0.1, 0.15) is 20.8 Å². The van der Waals surface area contributed by atoms with E-state index >= 15 is 0 Å². The molecule has 0 saturated carbocycles. The summed E-state index contributed by atoms with van der Waals surface area (Å²) in [7, 11) is 4.17. The summed E-state index contributed by atoms with van der Waals surface area (Å²) in [6, 6.07) is -0.402. The largest absolute Gasteiger partial charge is 0.339 e. The Morgan fingerprint density at radius 1 is 1.21 bits per heavy atom. The normalized spacial score (nSPS) is 19.8. The molecule has 1 rings (SSSR count). The summed E-state index contributed by atoms with van der Waals surface area (Å²) in [5, 5.41) is 0. The van der Waals surface area contributed by atoms with Crippen molar-refractivity contribution in [2.45, 2.75) is 26.8 Å². The zero-order chi connectivity index (χ0) is 14.6. The molecule has 1 heterocycles. The number of hydrogen-bond acceptors (Lipinski definition) is 4. The van der Waals surface area contributed by atoms with Gasteiger partial charge < -0.3 is 15.5 Å². The lowest BCUT2D eigenvalue weighted by atomic mass is 9.86. The van der Waals surface area contributed by atoms with E-state index in [0.717, 1.165) is 39.3 Å². The minimum absolute atomic E-state index is 0.0970. The first-order valence-electron chi connectivity index (χ1n) is 7.13. The molecule has 0 bridgehead atoms. The highest BCUT2D eigenvalue weighted by Crippen LogP contribution is 2.19. The van der Waals surface area contributed by atoms with E-state index in [-0.39, 0.29) is 11.3 Å². The summed E-state index contributed by atoms with van der Waals surface area (Å²) in [6.45, 7) is 11.7. The minimum atomic E-state index is -0.402. The summed E-state index contributed by atoms with van der Waals surface area (Å²) in [6.07, 6.45) is 0. The van der Waals surface area contributed by atoms with E-state index in [1.807, 2.05) is 25.7 Å². The van der Waals surface area contributed by atoms with E-state index in [9.17, 15) is 4.79 Å². The van der Waals surface area contributed by atoms with Crippen molar-refractivity contribution in [1.29, 1.82) is 0 Å². The van der Waals surface area contributed by atoms with Crippen molar-refractivity contribution in [3.63, 3.8) is 0 Å². The molecule has 1 amide bonds. The smallest absolute Gasteiger partial charge is 0.240 e. The number of piperazine rings is 1. The molecule has 5 nitrogen and oxygen atoms in total. The molecule has 0 spiro atoms. The fraction of sp³-hybridized carbons (Fsp3) is 0.929. The van der Waals surface area contributed by atoms with E-state index in [1.165, 1.54) is 0 Å². The Balaban J connectivity index is 2.39. The average Bonchev–Trinajstić information content (AvgIpc) is 2.34. The van der Waals surface area contributed by atoms with Gasteiger partial charge in [-0.05, 0) is 19.5 Å². The predicted molar refractivity (Wildman–Crippen MR) is 79.0 cm³/mol. The van der Waals surface area contributed by atoms with E-state index < -0.39 is 6.04 Å². The van der Waals surface area contributed by atoms with Gasteiger partial charge in [0.25, 0.3) is 0 Å². The van der Waals surface area contributed by atoms with Gasteiger partial charge in [-0.2, -0.15) is 0 Å². The van der Waals surface area contributed by atoms with Gasteiger partial charge in [0.2, 0.25) is 5.91 Å². The van der Waals surface area contributed by atoms with Crippen LogP contribution in [0.25, 0.3) is 0 Å². The summed E-state index contributed by atoms with van der Waals surface area (Å²) < 4.78 is 0. The maximum absolute atomic E-state index is 12.3. The molecular weight excluding hydrogens is 240 g/mol. The molecule has 19 heavy (non-hydrogen) atoms. The fourth-order valence-corrected chi connectivity index (χ4v) is 2.10. The number of likely N-dealkylation sites (N-methyl/N-ethyl adjacent to an activating group) is 1. The Labute approximate surface area is 117 Å². The number of nitrogens with zero attached hydrogens (tertiary/aromatic N) is 3. The van der Waals surface area contributed by atoms with Crippen molar-refractivity contribution >= 4 is 5.91 Å². The number of rotatable bonds is 4. The van der Waals surface area contributed by atoms with Crippen LogP contribution in [-0.2, 0) is 4.79 Å². The minimum Gasteiger partial charge on any atom is -0.339 e. The van der Waals surface area contributed by atoms with Crippen LogP contribution in [0.3, 0.4) is 0 Å². The third kappa shape index (κ3) is 5.09. The van der Waals surface area contributed by atoms with Crippen molar-refractivity contribution in [3.8, 4) is 0 Å². The first kappa shape index (κ1) is 16.4. The highest BCUT2D eigenvalue weighted by Gasteiger charge is 2.32.